The van der Waals surface area contributed by atoms with E-state index in [2.05, 4.69) is 135 Å². The maximum atomic E-state index is 3.67. The van der Waals surface area contributed by atoms with E-state index in [4.69, 9.17) is 0 Å². The molecule has 0 nitrogen and oxygen atoms in total. The van der Waals surface area contributed by atoms with E-state index in [0.717, 1.165) is 0 Å². The fourth-order valence-corrected chi connectivity index (χ4v) is 6.86. The first-order chi connectivity index (χ1) is 16.2. The van der Waals surface area contributed by atoms with Gasteiger partial charge in [-0.2, -0.15) is 11.1 Å². The monoisotopic (exact) mass is 696 g/mol. The smallest absolute Gasteiger partial charge is 1.00 e. The normalized spacial score (nSPS) is 16.7. The molecule has 0 saturated heterocycles. The largest absolute Gasteiger partial charge is 4.00 e. The molecule has 0 spiro atoms. The summed E-state index contributed by atoms with van der Waals surface area (Å²) >= 11 is 9.13. The number of hydrogen-bond acceptors (Lipinski definition) is 1. The molecule has 1 heterocycles. The van der Waals surface area contributed by atoms with Crippen molar-refractivity contribution in [1.82, 2.24) is 0 Å². The van der Waals surface area contributed by atoms with Gasteiger partial charge in [-0.05, 0) is 18.2 Å². The predicted octanol–water partition coefficient (Wildman–Crippen LogP) is 3.29. The zero-order valence-corrected chi connectivity index (χ0v) is 25.3. The van der Waals surface area contributed by atoms with Crippen LogP contribution in [0.15, 0.2) is 104 Å². The van der Waals surface area contributed by atoms with Gasteiger partial charge in [-0.1, -0.05) is 120 Å². The standard InChI is InChI=1S/C15H8BrS.C15H10Br.2FH.Zr/c16-13-6-7-14-12-5-4-11(15(12)13)9-2-1-3-10(8-9)17-14;16-14-8-4-7-12-9-10-13(15(12)14)11-5-2-1-3-6-11;;;/h1-3,5-8,11H;1-9,13H;2*1H;/q2*-1;;;+4/p-2. The molecule has 2 atom stereocenters. The molecule has 3 aliphatic rings. The van der Waals surface area contributed by atoms with Crippen LogP contribution in [0.3, 0.4) is 0 Å². The summed E-state index contributed by atoms with van der Waals surface area (Å²) in [5.74, 6) is 0.562. The summed E-state index contributed by atoms with van der Waals surface area (Å²) in [6.45, 7) is 0. The molecule has 2 unspecified atom stereocenters. The van der Waals surface area contributed by atoms with Crippen molar-refractivity contribution in [2.24, 2.45) is 0 Å². The Hall–Kier alpha value is -1.59. The molecule has 0 radical (unpaired) electrons. The molecular weight excluding hydrogens is 681 g/mol. The Morgan fingerprint density at radius 1 is 0.639 bits per heavy atom. The fraction of sp³-hybridized carbons (Fsp3) is 0.0667. The van der Waals surface area contributed by atoms with E-state index < -0.39 is 0 Å². The summed E-state index contributed by atoms with van der Waals surface area (Å²) in [4.78, 5) is 2.65. The van der Waals surface area contributed by atoms with E-state index in [1.807, 2.05) is 17.8 Å². The quantitative estimate of drug-likeness (QED) is 0.275. The number of fused-ring (bicyclic) bond motifs is 4. The average molecular weight is 700 g/mol. The summed E-state index contributed by atoms with van der Waals surface area (Å²) in [5.41, 5.74) is 7.93. The third-order valence-electron chi connectivity index (χ3n) is 6.21. The topological polar surface area (TPSA) is 0 Å². The van der Waals surface area contributed by atoms with Gasteiger partial charge in [-0.3, -0.25) is 12.2 Å². The maximum Gasteiger partial charge on any atom is 4.00 e. The van der Waals surface area contributed by atoms with Crippen LogP contribution in [0.25, 0.3) is 12.2 Å². The van der Waals surface area contributed by atoms with Crippen LogP contribution in [0.2, 0.25) is 0 Å². The van der Waals surface area contributed by atoms with Crippen molar-refractivity contribution in [3.05, 3.63) is 139 Å². The molecule has 7 rings (SSSR count). The van der Waals surface area contributed by atoms with Gasteiger partial charge in [0.15, 0.2) is 0 Å². The number of hydrogen-bond donors (Lipinski definition) is 0. The minimum Gasteiger partial charge on any atom is -1.00 e. The molecule has 4 aromatic rings. The second kappa shape index (κ2) is 12.3. The molecule has 4 aromatic carbocycles. The Bertz CT molecular complexity index is 1440. The Kier molecular flexibility index (Phi) is 9.90. The van der Waals surface area contributed by atoms with E-state index in [1.165, 1.54) is 52.1 Å². The molecular formula is C30H18Br2F2SZr. The summed E-state index contributed by atoms with van der Waals surface area (Å²) in [6.07, 6.45) is 11.1. The van der Waals surface area contributed by atoms with E-state index in [9.17, 15) is 0 Å². The van der Waals surface area contributed by atoms with E-state index in [-0.39, 0.29) is 41.5 Å². The maximum absolute atomic E-state index is 3.67. The van der Waals surface area contributed by atoms with Gasteiger partial charge in [0.25, 0.3) is 0 Å². The van der Waals surface area contributed by atoms with Gasteiger partial charge in [0.05, 0.1) is 0 Å². The molecule has 6 bridgehead atoms. The molecule has 0 amide bonds. The summed E-state index contributed by atoms with van der Waals surface area (Å²) in [5, 5.41) is 0. The average Bonchev–Trinajstić information content (AvgIpc) is 3.49. The zero-order valence-electron chi connectivity index (χ0n) is 18.8. The van der Waals surface area contributed by atoms with Gasteiger partial charge < -0.3 is 9.41 Å². The van der Waals surface area contributed by atoms with Crippen LogP contribution in [0.5, 0.6) is 0 Å². The Morgan fingerprint density at radius 2 is 1.31 bits per heavy atom. The van der Waals surface area contributed by atoms with Crippen molar-refractivity contribution in [2.45, 2.75) is 21.6 Å². The van der Waals surface area contributed by atoms with Gasteiger partial charge in [0, 0.05) is 13.8 Å². The minimum absolute atomic E-state index is 0. The number of allylic oxidation sites excluding steroid dienone is 2. The molecule has 1 aliphatic heterocycles. The van der Waals surface area contributed by atoms with Gasteiger partial charge in [-0.25, -0.2) is 12.2 Å². The molecule has 0 N–H and O–H groups in total. The molecule has 36 heavy (non-hydrogen) atoms. The van der Waals surface area contributed by atoms with Crippen molar-refractivity contribution in [1.29, 1.82) is 0 Å². The predicted molar refractivity (Wildman–Crippen MR) is 144 cm³/mol. The van der Waals surface area contributed by atoms with Crippen molar-refractivity contribution >= 4 is 55.8 Å². The van der Waals surface area contributed by atoms with Crippen LogP contribution < -0.4 is 9.41 Å². The van der Waals surface area contributed by atoms with Crippen LogP contribution in [-0.2, 0) is 26.2 Å². The van der Waals surface area contributed by atoms with Crippen molar-refractivity contribution < 1.29 is 35.6 Å². The Morgan fingerprint density at radius 3 is 2.11 bits per heavy atom. The van der Waals surface area contributed by atoms with E-state index in [0.29, 0.717) is 5.92 Å². The van der Waals surface area contributed by atoms with Gasteiger partial charge in [0.1, 0.15) is 0 Å². The number of halogens is 4. The molecule has 0 saturated carbocycles. The Balaban J connectivity index is 0.000000185. The van der Waals surface area contributed by atoms with Crippen molar-refractivity contribution in [3.8, 4) is 0 Å². The van der Waals surface area contributed by atoms with E-state index in [1.54, 1.807) is 0 Å². The number of rotatable bonds is 1. The fourth-order valence-electron chi connectivity index (χ4n) is 4.67. The first-order valence-corrected chi connectivity index (χ1v) is 13.2. The second-order valence-electron chi connectivity index (χ2n) is 8.19. The van der Waals surface area contributed by atoms with Crippen LogP contribution in [-0.4, -0.2) is 0 Å². The summed E-state index contributed by atoms with van der Waals surface area (Å²) < 4.78 is 2.36. The van der Waals surface area contributed by atoms with Crippen molar-refractivity contribution in [3.63, 3.8) is 0 Å². The SMILES string of the molecule is Brc1ccc2c3c1C([C-]=C3)c1cccc(c1)S2.Brc1cccc2c1C(c1ccccc1)[C-]=C2.[F-].[F-].[Zr+4]. The molecule has 0 aromatic heterocycles. The van der Waals surface area contributed by atoms with Crippen LogP contribution in [0, 0.1) is 12.2 Å². The van der Waals surface area contributed by atoms with Crippen LogP contribution in [0.4, 0.5) is 0 Å². The summed E-state index contributed by atoms with van der Waals surface area (Å²) in [7, 11) is 0. The van der Waals surface area contributed by atoms with Gasteiger partial charge >= 0.3 is 26.2 Å². The third kappa shape index (κ3) is 5.34. The molecule has 0 fully saturated rings. The summed E-state index contributed by atoms with van der Waals surface area (Å²) in [6, 6.07) is 29.9. The van der Waals surface area contributed by atoms with Crippen LogP contribution >= 0.6 is 43.6 Å². The first-order valence-electron chi connectivity index (χ1n) is 10.8. The molecule has 176 valence electrons. The third-order valence-corrected chi connectivity index (χ3v) is 8.66. The first kappa shape index (κ1) is 29.0. The number of benzene rings is 4. The van der Waals surface area contributed by atoms with Crippen LogP contribution in [0.1, 0.15) is 45.2 Å². The van der Waals surface area contributed by atoms with E-state index >= 15 is 0 Å². The zero-order chi connectivity index (χ0) is 22.4. The van der Waals surface area contributed by atoms with Gasteiger partial charge in [-0.15, -0.1) is 29.0 Å². The molecule has 6 heteroatoms. The minimum atomic E-state index is 0. The second-order valence-corrected chi connectivity index (χ2v) is 11.0. The Labute approximate surface area is 250 Å². The molecule has 2 aliphatic carbocycles. The van der Waals surface area contributed by atoms with Gasteiger partial charge in [0.2, 0.25) is 0 Å². The van der Waals surface area contributed by atoms with Crippen molar-refractivity contribution in [2.75, 3.05) is 0 Å².